The molecule has 0 aliphatic rings. The van der Waals surface area contributed by atoms with Gasteiger partial charge in [0, 0.05) is 0 Å². The van der Waals surface area contributed by atoms with E-state index < -0.39 is 48.0 Å². The number of ether oxygens (including phenoxy) is 2. The second kappa shape index (κ2) is 12.6. The van der Waals surface area contributed by atoms with Gasteiger partial charge in [-0.15, -0.1) is 0 Å². The first-order valence-corrected chi connectivity index (χ1v) is 10.2. The molecule has 2 atom stereocenters. The minimum Gasteiger partial charge on any atom is -0.480 e. The van der Waals surface area contributed by atoms with Crippen molar-refractivity contribution in [3.63, 3.8) is 0 Å². The molecule has 9 nitrogen and oxygen atoms in total. The molecule has 0 aromatic heterocycles. The second-order valence-corrected chi connectivity index (χ2v) is 8.09. The molecule has 31 heavy (non-hydrogen) atoms. The Hall–Kier alpha value is -3.10. The van der Waals surface area contributed by atoms with Crippen molar-refractivity contribution < 1.29 is 33.8 Å². The quantitative estimate of drug-likeness (QED) is 0.455. The highest BCUT2D eigenvalue weighted by Gasteiger charge is 2.29. The van der Waals surface area contributed by atoms with Crippen molar-refractivity contribution in [2.24, 2.45) is 0 Å². The van der Waals surface area contributed by atoms with Gasteiger partial charge < -0.3 is 25.2 Å². The Kier molecular flexibility index (Phi) is 10.5. The van der Waals surface area contributed by atoms with E-state index in [1.165, 1.54) is 0 Å². The number of carboxylic acid groups (broad SMARTS) is 1. The summed E-state index contributed by atoms with van der Waals surface area (Å²) in [6.45, 7) is 6.99. The number of esters is 1. The Morgan fingerprint density at radius 2 is 1.68 bits per heavy atom. The molecule has 0 fully saturated rings. The number of rotatable bonds is 11. The van der Waals surface area contributed by atoms with E-state index in [0.717, 1.165) is 12.0 Å². The molecule has 172 valence electrons. The fraction of sp³-hybridized carbons (Fsp3) is 0.545. The minimum absolute atomic E-state index is 0.000711. The number of nitrogens with one attached hydrogen (secondary N) is 2. The van der Waals surface area contributed by atoms with Gasteiger partial charge in [-0.25, -0.2) is 9.59 Å². The zero-order valence-corrected chi connectivity index (χ0v) is 18.5. The number of unbranched alkanes of at least 4 members (excludes halogenated alkanes) is 1. The number of carbonyl (C=O) groups is 4. The van der Waals surface area contributed by atoms with E-state index in [2.05, 4.69) is 10.6 Å². The molecule has 3 N–H and O–H groups in total. The van der Waals surface area contributed by atoms with Crippen molar-refractivity contribution in [1.82, 2.24) is 10.6 Å². The molecule has 0 radical (unpaired) electrons. The lowest BCUT2D eigenvalue weighted by atomic mass is 10.1. The van der Waals surface area contributed by atoms with Crippen LogP contribution in [0.4, 0.5) is 4.79 Å². The Balaban J connectivity index is 2.70. The minimum atomic E-state index is -1.49. The number of hydrogen-bond acceptors (Lipinski definition) is 6. The number of benzene rings is 1. The van der Waals surface area contributed by atoms with Crippen LogP contribution in [0.25, 0.3) is 0 Å². The molecule has 0 bridgehead atoms. The van der Waals surface area contributed by atoms with E-state index in [1.54, 1.807) is 45.0 Å². The lowest BCUT2D eigenvalue weighted by Crippen LogP contribution is -2.52. The van der Waals surface area contributed by atoms with Crippen molar-refractivity contribution in [2.45, 2.75) is 77.7 Å². The normalized spacial score (nSPS) is 12.9. The third-order valence-electron chi connectivity index (χ3n) is 4.08. The number of carboxylic acids is 1. The molecule has 1 rings (SSSR count). The molecule has 0 saturated heterocycles. The first kappa shape index (κ1) is 25.9. The van der Waals surface area contributed by atoms with Gasteiger partial charge in [-0.05, 0) is 32.8 Å². The smallest absolute Gasteiger partial charge is 0.408 e. The third kappa shape index (κ3) is 11.0. The Morgan fingerprint density at radius 3 is 2.23 bits per heavy atom. The van der Waals surface area contributed by atoms with Crippen LogP contribution in [0.2, 0.25) is 0 Å². The van der Waals surface area contributed by atoms with Gasteiger partial charge in [0.15, 0.2) is 0 Å². The summed E-state index contributed by atoms with van der Waals surface area (Å²) >= 11 is 0. The highest BCUT2D eigenvalue weighted by Crippen LogP contribution is 2.09. The van der Waals surface area contributed by atoms with Crippen LogP contribution in [0.3, 0.4) is 0 Å². The largest absolute Gasteiger partial charge is 0.480 e. The standard InChI is InChI=1S/C22H32N2O7/c1-5-6-12-16(24-21(29)31-22(2,3)4)19(26)23-17(20(27)28)13-18(25)30-14-15-10-8-7-9-11-15/h7-11,16-17H,5-6,12-14H2,1-4H3,(H,23,26)(H,24,29)(H,27,28)/t16-,17-/m0/s1. The maximum atomic E-state index is 12.6. The van der Waals surface area contributed by atoms with Gasteiger partial charge >= 0.3 is 18.0 Å². The Labute approximate surface area is 182 Å². The van der Waals surface area contributed by atoms with E-state index >= 15 is 0 Å². The fourth-order valence-electron chi connectivity index (χ4n) is 2.56. The maximum Gasteiger partial charge on any atom is 0.408 e. The van der Waals surface area contributed by atoms with Gasteiger partial charge in [0.05, 0.1) is 6.42 Å². The second-order valence-electron chi connectivity index (χ2n) is 8.09. The van der Waals surface area contributed by atoms with E-state index in [9.17, 15) is 24.3 Å². The fourth-order valence-corrected chi connectivity index (χ4v) is 2.56. The van der Waals surface area contributed by atoms with Crippen LogP contribution in [0.1, 0.15) is 58.9 Å². The number of carbonyl (C=O) groups excluding carboxylic acids is 3. The van der Waals surface area contributed by atoms with Crippen molar-refractivity contribution in [1.29, 1.82) is 0 Å². The molecule has 1 aromatic rings. The number of aliphatic carboxylic acids is 1. The van der Waals surface area contributed by atoms with Crippen molar-refractivity contribution in [2.75, 3.05) is 0 Å². The SMILES string of the molecule is CCCC[C@H](NC(=O)OC(C)(C)C)C(=O)N[C@@H](CC(=O)OCc1ccccc1)C(=O)O. The monoisotopic (exact) mass is 436 g/mol. The van der Waals surface area contributed by atoms with E-state index in [0.29, 0.717) is 12.8 Å². The van der Waals surface area contributed by atoms with Gasteiger partial charge in [-0.1, -0.05) is 50.1 Å². The van der Waals surface area contributed by atoms with Crippen LogP contribution in [0.15, 0.2) is 30.3 Å². The van der Waals surface area contributed by atoms with Crippen LogP contribution in [-0.2, 0) is 30.5 Å². The van der Waals surface area contributed by atoms with Crippen LogP contribution < -0.4 is 10.6 Å². The summed E-state index contributed by atoms with van der Waals surface area (Å²) < 4.78 is 10.3. The molecule has 0 unspecified atom stereocenters. The van der Waals surface area contributed by atoms with E-state index in [1.807, 2.05) is 13.0 Å². The number of alkyl carbamates (subject to hydrolysis) is 1. The summed E-state index contributed by atoms with van der Waals surface area (Å²) in [6, 6.07) is 6.46. The lowest BCUT2D eigenvalue weighted by Gasteiger charge is -2.24. The summed E-state index contributed by atoms with van der Waals surface area (Å²) in [4.78, 5) is 48.3. The highest BCUT2D eigenvalue weighted by atomic mass is 16.6. The predicted molar refractivity (Wildman–Crippen MR) is 113 cm³/mol. The molecule has 2 amide bonds. The lowest BCUT2D eigenvalue weighted by molar-refractivity contribution is -0.151. The zero-order chi connectivity index (χ0) is 23.4. The van der Waals surface area contributed by atoms with E-state index in [-0.39, 0.29) is 6.61 Å². The van der Waals surface area contributed by atoms with Gasteiger partial charge in [0.2, 0.25) is 5.91 Å². The Morgan fingerprint density at radius 1 is 1.03 bits per heavy atom. The molecule has 0 saturated carbocycles. The van der Waals surface area contributed by atoms with Gasteiger partial charge in [-0.3, -0.25) is 9.59 Å². The van der Waals surface area contributed by atoms with Crippen LogP contribution in [0, 0.1) is 0 Å². The van der Waals surface area contributed by atoms with Gasteiger partial charge in [0.1, 0.15) is 24.3 Å². The molecule has 9 heteroatoms. The average molecular weight is 437 g/mol. The molecule has 0 heterocycles. The van der Waals surface area contributed by atoms with Crippen LogP contribution >= 0.6 is 0 Å². The zero-order valence-electron chi connectivity index (χ0n) is 18.5. The first-order valence-electron chi connectivity index (χ1n) is 10.2. The molecular formula is C22H32N2O7. The molecule has 1 aromatic carbocycles. The molecule has 0 spiro atoms. The van der Waals surface area contributed by atoms with Crippen molar-refractivity contribution in [3.05, 3.63) is 35.9 Å². The molecule has 0 aliphatic carbocycles. The topological polar surface area (TPSA) is 131 Å². The van der Waals surface area contributed by atoms with Gasteiger partial charge in [-0.2, -0.15) is 0 Å². The van der Waals surface area contributed by atoms with Crippen molar-refractivity contribution >= 4 is 23.9 Å². The van der Waals surface area contributed by atoms with Gasteiger partial charge in [0.25, 0.3) is 0 Å². The summed E-state index contributed by atoms with van der Waals surface area (Å²) in [6.07, 6.45) is 0.379. The highest BCUT2D eigenvalue weighted by molar-refractivity contribution is 5.91. The molecule has 0 aliphatic heterocycles. The third-order valence-corrected chi connectivity index (χ3v) is 4.08. The van der Waals surface area contributed by atoms with Crippen LogP contribution in [-0.4, -0.2) is 46.7 Å². The summed E-state index contributed by atoms with van der Waals surface area (Å²) in [5.41, 5.74) is 0.00932. The summed E-state index contributed by atoms with van der Waals surface area (Å²) in [7, 11) is 0. The number of hydrogen-bond donors (Lipinski definition) is 3. The first-order chi connectivity index (χ1) is 14.5. The molecular weight excluding hydrogens is 404 g/mol. The summed E-state index contributed by atoms with van der Waals surface area (Å²) in [5, 5.41) is 14.2. The summed E-state index contributed by atoms with van der Waals surface area (Å²) in [5.74, 6) is -2.85. The maximum absolute atomic E-state index is 12.6. The Bertz CT molecular complexity index is 744. The van der Waals surface area contributed by atoms with E-state index in [4.69, 9.17) is 9.47 Å². The predicted octanol–water partition coefficient (Wildman–Crippen LogP) is 2.77. The van der Waals surface area contributed by atoms with Crippen molar-refractivity contribution in [3.8, 4) is 0 Å². The number of amides is 2. The average Bonchev–Trinajstić information content (AvgIpc) is 2.68. The van der Waals surface area contributed by atoms with Crippen LogP contribution in [0.5, 0.6) is 0 Å².